The van der Waals surface area contributed by atoms with Crippen LogP contribution in [-0.4, -0.2) is 29.6 Å². The highest BCUT2D eigenvalue weighted by atomic mass is 15.7. The number of hydrogen-bond acceptors (Lipinski definition) is 3. The van der Waals surface area contributed by atoms with Crippen molar-refractivity contribution in [3.05, 3.63) is 23.9 Å². The van der Waals surface area contributed by atoms with Gasteiger partial charge in [-0.25, -0.2) is 4.99 Å². The molecule has 2 aliphatic heterocycles. The molecule has 2 aliphatic rings. The molecule has 3 heteroatoms. The van der Waals surface area contributed by atoms with Gasteiger partial charge in [0.2, 0.25) is 0 Å². The number of hydrazine groups is 1. The molecular weight excluding hydrogens is 174 g/mol. The summed E-state index contributed by atoms with van der Waals surface area (Å²) in [6, 6.07) is 0. The maximum Gasteiger partial charge on any atom is 0.160 e. The first-order chi connectivity index (χ1) is 6.66. The van der Waals surface area contributed by atoms with E-state index in [1.54, 1.807) is 0 Å². The molecule has 0 fully saturated rings. The molecule has 0 aliphatic carbocycles. The first kappa shape index (κ1) is 9.31. The molecule has 14 heavy (non-hydrogen) atoms. The zero-order chi connectivity index (χ0) is 10.1. The molecule has 2 heterocycles. The van der Waals surface area contributed by atoms with Gasteiger partial charge in [-0.2, -0.15) is 0 Å². The Labute approximate surface area is 85.4 Å². The summed E-state index contributed by atoms with van der Waals surface area (Å²) >= 11 is 0. The highest BCUT2D eigenvalue weighted by molar-refractivity contribution is 5.57. The minimum atomic E-state index is 0.191. The number of fused-ring (bicyclic) bond motifs is 1. The maximum absolute atomic E-state index is 4.35. The third-order valence-electron chi connectivity index (χ3n) is 2.45. The van der Waals surface area contributed by atoms with Crippen molar-refractivity contribution in [2.24, 2.45) is 10.9 Å². The summed E-state index contributed by atoms with van der Waals surface area (Å²) in [5.41, 5.74) is 1.38. The molecule has 0 bridgehead atoms. The zero-order valence-corrected chi connectivity index (χ0v) is 9.01. The van der Waals surface area contributed by atoms with Gasteiger partial charge in [-0.3, -0.25) is 10.0 Å². The Hall–Kier alpha value is -1.25. The van der Waals surface area contributed by atoms with Crippen LogP contribution in [0.1, 0.15) is 20.3 Å². The molecule has 2 rings (SSSR count). The topological polar surface area (TPSA) is 18.8 Å². The van der Waals surface area contributed by atoms with Crippen molar-refractivity contribution in [2.75, 3.05) is 7.05 Å². The van der Waals surface area contributed by atoms with Gasteiger partial charge in [-0.1, -0.05) is 19.9 Å². The average molecular weight is 191 g/mol. The van der Waals surface area contributed by atoms with Crippen LogP contribution >= 0.6 is 0 Å². The van der Waals surface area contributed by atoms with Crippen molar-refractivity contribution >= 4 is 6.34 Å². The summed E-state index contributed by atoms with van der Waals surface area (Å²) in [6.45, 7) is 4.48. The van der Waals surface area contributed by atoms with Gasteiger partial charge in [-0.15, -0.1) is 0 Å². The zero-order valence-electron chi connectivity index (χ0n) is 9.01. The van der Waals surface area contributed by atoms with E-state index in [2.05, 4.69) is 42.2 Å². The Morgan fingerprint density at radius 2 is 2.29 bits per heavy atom. The molecule has 0 spiro atoms. The van der Waals surface area contributed by atoms with Crippen LogP contribution in [0.3, 0.4) is 0 Å². The summed E-state index contributed by atoms with van der Waals surface area (Å²) in [5.74, 6) is 0.705. The minimum absolute atomic E-state index is 0.191. The lowest BCUT2D eigenvalue weighted by molar-refractivity contribution is 0.134. The molecule has 0 radical (unpaired) electrons. The predicted octanol–water partition coefficient (Wildman–Crippen LogP) is 2.00. The second-order valence-electron chi connectivity index (χ2n) is 4.29. The molecule has 0 saturated heterocycles. The van der Waals surface area contributed by atoms with Crippen molar-refractivity contribution in [2.45, 2.75) is 26.4 Å². The van der Waals surface area contributed by atoms with E-state index in [0.717, 1.165) is 6.42 Å². The standard InChI is InChI=1S/C11H17N3/c1-9(2)6-10-4-5-11-12-8-13(3)14(11)7-10/h4-5,7-9,11H,6H2,1-3H3. The summed E-state index contributed by atoms with van der Waals surface area (Å²) in [6.07, 6.45) is 9.72. The predicted molar refractivity (Wildman–Crippen MR) is 58.6 cm³/mol. The Bertz CT molecular complexity index is 302. The number of rotatable bonds is 2. The third kappa shape index (κ3) is 1.67. The van der Waals surface area contributed by atoms with Gasteiger partial charge in [0.15, 0.2) is 6.17 Å². The molecular formula is C11H17N3. The van der Waals surface area contributed by atoms with Crippen molar-refractivity contribution in [3.63, 3.8) is 0 Å². The van der Waals surface area contributed by atoms with Gasteiger partial charge in [0.25, 0.3) is 0 Å². The molecule has 1 unspecified atom stereocenters. The van der Waals surface area contributed by atoms with Crippen LogP contribution in [0, 0.1) is 5.92 Å². The first-order valence-electron chi connectivity index (χ1n) is 5.10. The highest BCUT2D eigenvalue weighted by Gasteiger charge is 2.23. The summed E-state index contributed by atoms with van der Waals surface area (Å²) in [4.78, 5) is 4.35. The van der Waals surface area contributed by atoms with E-state index in [1.807, 2.05) is 18.4 Å². The van der Waals surface area contributed by atoms with Crippen LogP contribution < -0.4 is 0 Å². The van der Waals surface area contributed by atoms with Crippen molar-refractivity contribution in [1.82, 2.24) is 10.0 Å². The quantitative estimate of drug-likeness (QED) is 0.665. The van der Waals surface area contributed by atoms with Crippen LogP contribution in [0.5, 0.6) is 0 Å². The lowest BCUT2D eigenvalue weighted by atomic mass is 10.0. The lowest BCUT2D eigenvalue weighted by Gasteiger charge is -2.29. The second-order valence-corrected chi connectivity index (χ2v) is 4.29. The fourth-order valence-electron chi connectivity index (χ4n) is 1.80. The molecule has 0 aromatic heterocycles. The molecule has 0 N–H and O–H groups in total. The van der Waals surface area contributed by atoms with Crippen LogP contribution in [0.15, 0.2) is 28.9 Å². The third-order valence-corrected chi connectivity index (χ3v) is 2.45. The Morgan fingerprint density at radius 3 is 3.00 bits per heavy atom. The van der Waals surface area contributed by atoms with Gasteiger partial charge in [0.05, 0.1) is 0 Å². The molecule has 76 valence electrons. The first-order valence-corrected chi connectivity index (χ1v) is 5.10. The summed E-state index contributed by atoms with van der Waals surface area (Å²) in [5, 5.41) is 4.17. The summed E-state index contributed by atoms with van der Waals surface area (Å²) in [7, 11) is 2.02. The van der Waals surface area contributed by atoms with Crippen LogP contribution in [0.2, 0.25) is 0 Å². The lowest BCUT2D eigenvalue weighted by Crippen LogP contribution is -2.36. The number of nitrogens with zero attached hydrogens (tertiary/aromatic N) is 3. The van der Waals surface area contributed by atoms with Gasteiger partial charge < -0.3 is 0 Å². The van der Waals surface area contributed by atoms with Gasteiger partial charge >= 0.3 is 0 Å². The molecule has 1 atom stereocenters. The van der Waals surface area contributed by atoms with E-state index in [-0.39, 0.29) is 6.17 Å². The Morgan fingerprint density at radius 1 is 1.50 bits per heavy atom. The van der Waals surface area contributed by atoms with Crippen LogP contribution in [0.4, 0.5) is 0 Å². The Balaban J connectivity index is 2.10. The molecule has 0 aromatic rings. The second kappa shape index (κ2) is 3.48. The van der Waals surface area contributed by atoms with E-state index in [4.69, 9.17) is 0 Å². The van der Waals surface area contributed by atoms with Crippen LogP contribution in [-0.2, 0) is 0 Å². The number of allylic oxidation sites excluding steroid dienone is 2. The smallest absolute Gasteiger partial charge is 0.160 e. The monoisotopic (exact) mass is 191 g/mol. The SMILES string of the molecule is CC(C)CC1=CN2C(C=C1)N=CN2C. The Kier molecular flexibility index (Phi) is 2.32. The van der Waals surface area contributed by atoms with Gasteiger partial charge in [0, 0.05) is 13.2 Å². The van der Waals surface area contributed by atoms with Crippen molar-refractivity contribution in [1.29, 1.82) is 0 Å². The van der Waals surface area contributed by atoms with E-state index < -0.39 is 0 Å². The minimum Gasteiger partial charge on any atom is -0.276 e. The largest absolute Gasteiger partial charge is 0.276 e. The van der Waals surface area contributed by atoms with Gasteiger partial charge in [-0.05, 0) is 24.0 Å². The average Bonchev–Trinajstić information content (AvgIpc) is 2.47. The van der Waals surface area contributed by atoms with E-state index in [1.165, 1.54) is 5.57 Å². The van der Waals surface area contributed by atoms with E-state index >= 15 is 0 Å². The fourth-order valence-corrected chi connectivity index (χ4v) is 1.80. The van der Waals surface area contributed by atoms with Gasteiger partial charge in [0.1, 0.15) is 6.34 Å². The molecule has 0 amide bonds. The van der Waals surface area contributed by atoms with Crippen molar-refractivity contribution < 1.29 is 0 Å². The number of aliphatic imine (C=N–C) groups is 1. The normalized spacial score (nSPS) is 24.6. The maximum atomic E-state index is 4.35. The molecule has 0 saturated carbocycles. The van der Waals surface area contributed by atoms with Crippen molar-refractivity contribution in [3.8, 4) is 0 Å². The molecule has 0 aromatic carbocycles. The highest BCUT2D eigenvalue weighted by Crippen LogP contribution is 2.23. The fraction of sp³-hybridized carbons (Fsp3) is 0.545. The van der Waals surface area contributed by atoms with E-state index in [9.17, 15) is 0 Å². The molecule has 3 nitrogen and oxygen atoms in total. The van der Waals surface area contributed by atoms with E-state index in [0.29, 0.717) is 5.92 Å². The summed E-state index contributed by atoms with van der Waals surface area (Å²) < 4.78 is 0. The van der Waals surface area contributed by atoms with Crippen LogP contribution in [0.25, 0.3) is 0 Å². The number of hydrogen-bond donors (Lipinski definition) is 0.